The summed E-state index contributed by atoms with van der Waals surface area (Å²) in [5.74, 6) is -0.535. The van der Waals surface area contributed by atoms with Crippen LogP contribution >= 0.6 is 7.82 Å². The van der Waals surface area contributed by atoms with E-state index in [1.807, 2.05) is 6.92 Å². The molecule has 0 spiro atoms. The van der Waals surface area contributed by atoms with Crippen molar-refractivity contribution in [1.29, 1.82) is 0 Å². The Labute approximate surface area is 263 Å². The Morgan fingerprint density at radius 2 is 1.05 bits per heavy atom. The molecular weight excluding hydrogens is 569 g/mol. The number of phosphoric ester groups is 1. The number of nitrogens with one attached hydrogen (secondary N) is 1. The monoisotopic (exact) mass is 635 g/mol. The number of amides is 1. The van der Waals surface area contributed by atoms with Crippen molar-refractivity contribution in [3.05, 3.63) is 0 Å². The molecule has 1 amide bonds. The molecule has 0 saturated heterocycles. The number of unbranched alkanes of at least 4 members (excludes halogenated alkanes) is 20. The minimum Gasteiger partial charge on any atom is -0.463 e. The SMILES string of the molecule is CCCCCCCCCCCCCCCCCCCCCC(=O)NCCOP(=O)(O)OCC(O)COC(=O)CCCCC. The number of aliphatic hydroxyl groups is 1. The van der Waals surface area contributed by atoms with Crippen LogP contribution in [0.5, 0.6) is 0 Å². The van der Waals surface area contributed by atoms with Gasteiger partial charge in [-0.25, -0.2) is 4.57 Å². The van der Waals surface area contributed by atoms with Crippen molar-refractivity contribution >= 4 is 19.7 Å². The standard InChI is InChI=1S/C33H66NO8P/c1-3-5-7-8-9-10-11-12-13-14-15-16-17-18-19-20-21-22-24-25-32(36)34-27-28-41-43(38,39)42-30-31(35)29-40-33(37)26-23-6-4-2/h31,35H,3-30H2,1-2H3,(H,34,36)(H,38,39). The molecule has 3 N–H and O–H groups in total. The lowest BCUT2D eigenvalue weighted by Gasteiger charge is -2.15. The fraction of sp³-hybridized carbons (Fsp3) is 0.939. The Morgan fingerprint density at radius 1 is 0.628 bits per heavy atom. The molecule has 0 aromatic heterocycles. The molecule has 9 nitrogen and oxygen atoms in total. The zero-order valence-electron chi connectivity index (χ0n) is 27.7. The van der Waals surface area contributed by atoms with Crippen LogP contribution in [0.4, 0.5) is 0 Å². The molecular formula is C33H66NO8P. The summed E-state index contributed by atoms with van der Waals surface area (Å²) in [5.41, 5.74) is 0. The van der Waals surface area contributed by atoms with Gasteiger partial charge in [0.05, 0.1) is 13.2 Å². The van der Waals surface area contributed by atoms with Gasteiger partial charge in [0.15, 0.2) is 0 Å². The van der Waals surface area contributed by atoms with Crippen LogP contribution in [-0.4, -0.2) is 54.3 Å². The number of esters is 1. The van der Waals surface area contributed by atoms with Crippen LogP contribution in [0.1, 0.15) is 168 Å². The van der Waals surface area contributed by atoms with Crippen LogP contribution in [0.3, 0.4) is 0 Å². The summed E-state index contributed by atoms with van der Waals surface area (Å²) in [5, 5.41) is 12.5. The van der Waals surface area contributed by atoms with Gasteiger partial charge >= 0.3 is 13.8 Å². The average Bonchev–Trinajstić information content (AvgIpc) is 2.98. The van der Waals surface area contributed by atoms with Gasteiger partial charge < -0.3 is 20.1 Å². The molecule has 10 heteroatoms. The van der Waals surface area contributed by atoms with E-state index in [4.69, 9.17) is 13.8 Å². The molecule has 43 heavy (non-hydrogen) atoms. The Bertz CT molecular complexity index is 694. The number of hydrogen-bond donors (Lipinski definition) is 3. The van der Waals surface area contributed by atoms with E-state index in [9.17, 15) is 24.2 Å². The summed E-state index contributed by atoms with van der Waals surface area (Å²) in [6.45, 7) is 3.36. The van der Waals surface area contributed by atoms with Gasteiger partial charge in [-0.1, -0.05) is 142 Å². The molecule has 2 unspecified atom stereocenters. The molecule has 0 aromatic rings. The highest BCUT2D eigenvalue weighted by atomic mass is 31.2. The lowest BCUT2D eigenvalue weighted by Crippen LogP contribution is -2.27. The Balaban J connectivity index is 3.49. The first kappa shape index (κ1) is 42.0. The predicted octanol–water partition coefficient (Wildman–Crippen LogP) is 8.54. The largest absolute Gasteiger partial charge is 0.472 e. The fourth-order valence-corrected chi connectivity index (χ4v) is 5.61. The van der Waals surface area contributed by atoms with Crippen LogP contribution in [0, 0.1) is 0 Å². The second-order valence-corrected chi connectivity index (χ2v) is 13.3. The first-order valence-corrected chi connectivity index (χ1v) is 19.0. The Kier molecular flexibility index (Phi) is 30.3. The van der Waals surface area contributed by atoms with Gasteiger partial charge in [0, 0.05) is 19.4 Å². The van der Waals surface area contributed by atoms with E-state index in [1.165, 1.54) is 103 Å². The molecule has 0 aliphatic carbocycles. The van der Waals surface area contributed by atoms with Crippen LogP contribution in [0.2, 0.25) is 0 Å². The van der Waals surface area contributed by atoms with Crippen molar-refractivity contribution < 1.29 is 37.9 Å². The highest BCUT2D eigenvalue weighted by molar-refractivity contribution is 7.47. The molecule has 0 aliphatic rings. The maximum atomic E-state index is 12.0. The number of rotatable bonds is 33. The first-order chi connectivity index (χ1) is 20.8. The van der Waals surface area contributed by atoms with Gasteiger partial charge in [0.25, 0.3) is 0 Å². The topological polar surface area (TPSA) is 131 Å². The van der Waals surface area contributed by atoms with Crippen LogP contribution in [-0.2, 0) is 27.9 Å². The van der Waals surface area contributed by atoms with Crippen molar-refractivity contribution in [3.8, 4) is 0 Å². The molecule has 256 valence electrons. The molecule has 0 heterocycles. The summed E-state index contributed by atoms with van der Waals surface area (Å²) in [7, 11) is -4.38. The lowest BCUT2D eigenvalue weighted by molar-refractivity contribution is -0.147. The minimum atomic E-state index is -4.38. The quantitative estimate of drug-likeness (QED) is 0.0371. The summed E-state index contributed by atoms with van der Waals surface area (Å²) < 4.78 is 26.4. The van der Waals surface area contributed by atoms with Crippen LogP contribution in [0.15, 0.2) is 0 Å². The summed E-state index contributed by atoms with van der Waals surface area (Å²) in [6, 6.07) is 0. The molecule has 0 radical (unpaired) electrons. The lowest BCUT2D eigenvalue weighted by atomic mass is 10.0. The summed E-state index contributed by atoms with van der Waals surface area (Å²) >= 11 is 0. The zero-order chi connectivity index (χ0) is 31.9. The fourth-order valence-electron chi connectivity index (χ4n) is 4.85. The maximum Gasteiger partial charge on any atom is 0.472 e. The predicted molar refractivity (Wildman–Crippen MR) is 174 cm³/mol. The third kappa shape index (κ3) is 32.2. The number of carbonyl (C=O) groups excluding carboxylic acids is 2. The number of phosphoric acid groups is 1. The third-order valence-electron chi connectivity index (χ3n) is 7.54. The van der Waals surface area contributed by atoms with E-state index in [1.54, 1.807) is 0 Å². The van der Waals surface area contributed by atoms with E-state index in [0.29, 0.717) is 6.42 Å². The highest BCUT2D eigenvalue weighted by Crippen LogP contribution is 2.42. The molecule has 0 fully saturated rings. The second-order valence-electron chi connectivity index (χ2n) is 11.9. The molecule has 0 aliphatic heterocycles. The first-order valence-electron chi connectivity index (χ1n) is 17.5. The molecule has 0 rings (SSSR count). The van der Waals surface area contributed by atoms with Crippen LogP contribution in [0.25, 0.3) is 0 Å². The number of carbonyl (C=O) groups is 2. The van der Waals surface area contributed by atoms with Crippen molar-refractivity contribution in [3.63, 3.8) is 0 Å². The summed E-state index contributed by atoms with van der Waals surface area (Å²) in [6.07, 6.45) is 27.0. The van der Waals surface area contributed by atoms with Gasteiger partial charge in [0.1, 0.15) is 12.7 Å². The molecule has 0 bridgehead atoms. The van der Waals surface area contributed by atoms with E-state index >= 15 is 0 Å². The smallest absolute Gasteiger partial charge is 0.463 e. The maximum absolute atomic E-state index is 12.0. The number of aliphatic hydroxyl groups excluding tert-OH is 1. The normalized spacial score (nSPS) is 13.5. The van der Waals surface area contributed by atoms with Crippen molar-refractivity contribution in [2.75, 3.05) is 26.4 Å². The van der Waals surface area contributed by atoms with E-state index < -0.39 is 26.5 Å². The average molecular weight is 636 g/mol. The Hall–Kier alpha value is -0.990. The summed E-state index contributed by atoms with van der Waals surface area (Å²) in [4.78, 5) is 33.2. The number of ether oxygens (including phenoxy) is 1. The second kappa shape index (κ2) is 31.0. The van der Waals surface area contributed by atoms with Gasteiger partial charge in [-0.05, 0) is 12.8 Å². The molecule has 2 atom stereocenters. The van der Waals surface area contributed by atoms with Gasteiger partial charge in [-0.3, -0.25) is 18.6 Å². The van der Waals surface area contributed by atoms with Crippen LogP contribution < -0.4 is 5.32 Å². The van der Waals surface area contributed by atoms with Gasteiger partial charge in [-0.2, -0.15) is 0 Å². The van der Waals surface area contributed by atoms with E-state index in [2.05, 4.69) is 12.2 Å². The van der Waals surface area contributed by atoms with Gasteiger partial charge in [-0.15, -0.1) is 0 Å². The van der Waals surface area contributed by atoms with Crippen molar-refractivity contribution in [1.82, 2.24) is 5.32 Å². The molecule has 0 aromatic carbocycles. The van der Waals surface area contributed by atoms with Crippen molar-refractivity contribution in [2.24, 2.45) is 0 Å². The van der Waals surface area contributed by atoms with E-state index in [-0.39, 0.29) is 32.1 Å². The Morgan fingerprint density at radius 3 is 1.53 bits per heavy atom. The van der Waals surface area contributed by atoms with Crippen molar-refractivity contribution in [2.45, 2.75) is 174 Å². The van der Waals surface area contributed by atoms with E-state index in [0.717, 1.165) is 38.5 Å². The number of hydrogen-bond acceptors (Lipinski definition) is 7. The highest BCUT2D eigenvalue weighted by Gasteiger charge is 2.23. The molecule has 0 saturated carbocycles. The van der Waals surface area contributed by atoms with Gasteiger partial charge in [0.2, 0.25) is 5.91 Å². The zero-order valence-corrected chi connectivity index (χ0v) is 28.6. The third-order valence-corrected chi connectivity index (χ3v) is 8.52. The minimum absolute atomic E-state index is 0.0871.